The van der Waals surface area contributed by atoms with Gasteiger partial charge in [-0.2, -0.15) is 0 Å². The highest BCUT2D eigenvalue weighted by atomic mass is 35.5. The molecule has 3 N–H and O–H groups in total. The molecule has 110 valence electrons. The second-order valence-electron chi connectivity index (χ2n) is 4.19. The Morgan fingerprint density at radius 1 is 1.24 bits per heavy atom. The molecule has 0 spiro atoms. The van der Waals surface area contributed by atoms with Crippen LogP contribution in [0.2, 0.25) is 10.2 Å². The first-order valence-corrected chi connectivity index (χ1v) is 6.93. The van der Waals surface area contributed by atoms with Crippen LogP contribution in [0.1, 0.15) is 5.56 Å². The van der Waals surface area contributed by atoms with E-state index in [1.54, 1.807) is 24.3 Å². The number of aliphatic hydroxyl groups is 1. The number of halogens is 2. The summed E-state index contributed by atoms with van der Waals surface area (Å²) in [6.07, 6.45) is 1.85. The second kappa shape index (κ2) is 7.26. The van der Waals surface area contributed by atoms with Crippen molar-refractivity contribution in [2.45, 2.75) is 6.42 Å². The number of aromatic nitrogens is 1. The first kappa shape index (κ1) is 15.6. The molecule has 1 aromatic heterocycles. The summed E-state index contributed by atoms with van der Waals surface area (Å²) in [5.41, 5.74) is 1.76. The Morgan fingerprint density at radius 3 is 2.76 bits per heavy atom. The maximum absolute atomic E-state index is 12.0. The summed E-state index contributed by atoms with van der Waals surface area (Å²) in [4.78, 5) is 15.8. The number of amides is 2. The number of anilines is 2. The first-order valence-electron chi connectivity index (χ1n) is 6.18. The molecule has 7 heteroatoms. The SMILES string of the molecule is O=C(Nc1ccnc(Cl)c1)Nc1cccc(Cl)c1CCO. The number of carbonyl (C=O) groups is 1. The molecule has 0 aliphatic heterocycles. The van der Waals surface area contributed by atoms with Gasteiger partial charge in [-0.1, -0.05) is 29.3 Å². The molecule has 0 aliphatic carbocycles. The Balaban J connectivity index is 2.11. The predicted octanol–water partition coefficient (Wildman–Crippen LogP) is 3.57. The quantitative estimate of drug-likeness (QED) is 0.752. The van der Waals surface area contributed by atoms with Crippen molar-refractivity contribution in [3.05, 3.63) is 52.3 Å². The van der Waals surface area contributed by atoms with Gasteiger partial charge < -0.3 is 15.7 Å². The zero-order valence-corrected chi connectivity index (χ0v) is 12.4. The highest BCUT2D eigenvalue weighted by molar-refractivity contribution is 6.32. The van der Waals surface area contributed by atoms with Crippen molar-refractivity contribution in [1.29, 1.82) is 0 Å². The summed E-state index contributed by atoms with van der Waals surface area (Å²) in [7, 11) is 0. The normalized spacial score (nSPS) is 10.2. The molecule has 1 aromatic carbocycles. The zero-order chi connectivity index (χ0) is 15.2. The van der Waals surface area contributed by atoms with Gasteiger partial charge in [0.2, 0.25) is 0 Å². The Hall–Kier alpha value is -1.82. The fourth-order valence-corrected chi connectivity index (χ4v) is 2.25. The van der Waals surface area contributed by atoms with Crippen molar-refractivity contribution in [2.75, 3.05) is 17.2 Å². The molecule has 0 saturated heterocycles. The number of benzene rings is 1. The van der Waals surface area contributed by atoms with E-state index in [-0.39, 0.29) is 11.8 Å². The first-order chi connectivity index (χ1) is 10.1. The van der Waals surface area contributed by atoms with Gasteiger partial charge in [-0.05, 0) is 36.2 Å². The number of pyridine rings is 1. The molecule has 0 saturated carbocycles. The van der Waals surface area contributed by atoms with E-state index in [9.17, 15) is 4.79 Å². The Labute approximate surface area is 131 Å². The largest absolute Gasteiger partial charge is 0.396 e. The predicted molar refractivity (Wildman–Crippen MR) is 84.1 cm³/mol. The number of rotatable bonds is 4. The van der Waals surface area contributed by atoms with Crippen molar-refractivity contribution in [2.24, 2.45) is 0 Å². The van der Waals surface area contributed by atoms with E-state index in [0.29, 0.717) is 28.4 Å². The fourth-order valence-electron chi connectivity index (χ4n) is 1.81. The average Bonchev–Trinajstić information content (AvgIpc) is 2.42. The molecule has 0 radical (unpaired) electrons. The monoisotopic (exact) mass is 325 g/mol. The number of hydrogen-bond acceptors (Lipinski definition) is 3. The Morgan fingerprint density at radius 2 is 2.05 bits per heavy atom. The van der Waals surface area contributed by atoms with Crippen molar-refractivity contribution < 1.29 is 9.90 Å². The molecular formula is C14H13Cl2N3O2. The fraction of sp³-hybridized carbons (Fsp3) is 0.143. The molecule has 0 aliphatic rings. The number of nitrogens with one attached hydrogen (secondary N) is 2. The maximum atomic E-state index is 12.0. The third-order valence-electron chi connectivity index (χ3n) is 2.71. The van der Waals surface area contributed by atoms with E-state index >= 15 is 0 Å². The highest BCUT2D eigenvalue weighted by Crippen LogP contribution is 2.25. The van der Waals surface area contributed by atoms with E-state index in [1.165, 1.54) is 12.3 Å². The number of urea groups is 1. The summed E-state index contributed by atoms with van der Waals surface area (Å²) in [5, 5.41) is 15.2. The van der Waals surface area contributed by atoms with Gasteiger partial charge in [-0.15, -0.1) is 0 Å². The van der Waals surface area contributed by atoms with Crippen LogP contribution in [0.25, 0.3) is 0 Å². The number of aliphatic hydroxyl groups excluding tert-OH is 1. The van der Waals surface area contributed by atoms with Crippen LogP contribution in [0.3, 0.4) is 0 Å². The van der Waals surface area contributed by atoms with Crippen LogP contribution >= 0.6 is 23.2 Å². The summed E-state index contributed by atoms with van der Waals surface area (Å²) >= 11 is 11.8. The minimum atomic E-state index is -0.432. The van der Waals surface area contributed by atoms with E-state index < -0.39 is 6.03 Å². The van der Waals surface area contributed by atoms with Crippen LogP contribution in [0, 0.1) is 0 Å². The van der Waals surface area contributed by atoms with E-state index in [4.69, 9.17) is 28.3 Å². The van der Waals surface area contributed by atoms with Gasteiger partial charge >= 0.3 is 6.03 Å². The van der Waals surface area contributed by atoms with Crippen LogP contribution in [0.15, 0.2) is 36.5 Å². The van der Waals surface area contributed by atoms with Crippen molar-refractivity contribution in [3.63, 3.8) is 0 Å². The average molecular weight is 326 g/mol. The summed E-state index contributed by atoms with van der Waals surface area (Å²) < 4.78 is 0. The molecule has 0 fully saturated rings. The van der Waals surface area contributed by atoms with Crippen LogP contribution in [0.4, 0.5) is 16.2 Å². The van der Waals surface area contributed by atoms with Gasteiger partial charge in [-0.25, -0.2) is 9.78 Å². The molecule has 0 atom stereocenters. The van der Waals surface area contributed by atoms with Gasteiger partial charge in [0.25, 0.3) is 0 Å². The van der Waals surface area contributed by atoms with Crippen molar-refractivity contribution >= 4 is 40.6 Å². The van der Waals surface area contributed by atoms with Crippen LogP contribution < -0.4 is 10.6 Å². The van der Waals surface area contributed by atoms with E-state index in [1.807, 2.05) is 0 Å². The topological polar surface area (TPSA) is 74.2 Å². The molecule has 21 heavy (non-hydrogen) atoms. The minimum absolute atomic E-state index is 0.0556. The third-order valence-corrected chi connectivity index (χ3v) is 3.27. The lowest BCUT2D eigenvalue weighted by atomic mass is 10.1. The Kier molecular flexibility index (Phi) is 5.38. The second-order valence-corrected chi connectivity index (χ2v) is 4.98. The van der Waals surface area contributed by atoms with Crippen molar-refractivity contribution in [1.82, 2.24) is 4.98 Å². The molecule has 5 nitrogen and oxygen atoms in total. The summed E-state index contributed by atoms with van der Waals surface area (Å²) in [6, 6.07) is 7.88. The molecule has 0 unspecified atom stereocenters. The van der Waals surface area contributed by atoms with E-state index in [0.717, 1.165) is 0 Å². The van der Waals surface area contributed by atoms with Crippen LogP contribution in [-0.4, -0.2) is 22.7 Å². The van der Waals surface area contributed by atoms with E-state index in [2.05, 4.69) is 15.6 Å². The molecular weight excluding hydrogens is 313 g/mol. The lowest BCUT2D eigenvalue weighted by Crippen LogP contribution is -2.20. The van der Waals surface area contributed by atoms with Crippen molar-refractivity contribution in [3.8, 4) is 0 Å². The highest BCUT2D eigenvalue weighted by Gasteiger charge is 2.10. The number of nitrogens with zero attached hydrogens (tertiary/aromatic N) is 1. The van der Waals surface area contributed by atoms with Gasteiger partial charge in [0.15, 0.2) is 0 Å². The molecule has 0 bridgehead atoms. The number of hydrogen-bond donors (Lipinski definition) is 3. The molecule has 2 rings (SSSR count). The third kappa shape index (κ3) is 4.32. The van der Waals surface area contributed by atoms with Gasteiger partial charge in [0, 0.05) is 29.2 Å². The Bertz CT molecular complexity index is 650. The summed E-state index contributed by atoms with van der Waals surface area (Å²) in [5.74, 6) is 0. The standard InChI is InChI=1S/C14H13Cl2N3O2/c15-11-2-1-3-12(10(11)5-7-20)19-14(21)18-9-4-6-17-13(16)8-9/h1-4,6,8,20H,5,7H2,(H2,17,18,19,21). The van der Waals surface area contributed by atoms with Crippen LogP contribution in [-0.2, 0) is 6.42 Å². The van der Waals surface area contributed by atoms with Gasteiger partial charge in [0.1, 0.15) is 5.15 Å². The minimum Gasteiger partial charge on any atom is -0.396 e. The number of carbonyl (C=O) groups excluding carboxylic acids is 1. The molecule has 1 heterocycles. The van der Waals surface area contributed by atoms with Crippen LogP contribution in [0.5, 0.6) is 0 Å². The lowest BCUT2D eigenvalue weighted by molar-refractivity contribution is 0.262. The smallest absolute Gasteiger partial charge is 0.323 e. The zero-order valence-electron chi connectivity index (χ0n) is 10.9. The van der Waals surface area contributed by atoms with Gasteiger partial charge in [-0.3, -0.25) is 0 Å². The summed E-state index contributed by atoms with van der Waals surface area (Å²) in [6.45, 7) is -0.0556. The molecule has 2 aromatic rings. The molecule has 2 amide bonds. The lowest BCUT2D eigenvalue weighted by Gasteiger charge is -2.12. The van der Waals surface area contributed by atoms with Gasteiger partial charge in [0.05, 0.1) is 0 Å². The maximum Gasteiger partial charge on any atom is 0.323 e.